The minimum Gasteiger partial charge on any atom is -0.298 e. The van der Waals surface area contributed by atoms with Crippen molar-refractivity contribution in [3.63, 3.8) is 0 Å². The zero-order valence-corrected chi connectivity index (χ0v) is 16.4. The fraction of sp³-hybridized carbons (Fsp3) is 0.238. The van der Waals surface area contributed by atoms with Gasteiger partial charge in [0.05, 0.1) is 12.3 Å². The Balaban J connectivity index is 1.59. The van der Waals surface area contributed by atoms with E-state index in [0.29, 0.717) is 36.9 Å². The second-order valence-electron chi connectivity index (χ2n) is 6.72. The van der Waals surface area contributed by atoms with Crippen molar-refractivity contribution in [2.45, 2.75) is 24.5 Å². The maximum atomic E-state index is 13.3. The average molecular weight is 410 g/mol. The molecule has 0 spiro atoms. The number of amides is 2. The van der Waals surface area contributed by atoms with Gasteiger partial charge in [0, 0.05) is 18.5 Å². The average Bonchev–Trinajstić information content (AvgIpc) is 3.34. The highest BCUT2D eigenvalue weighted by molar-refractivity contribution is 7.99. The second kappa shape index (κ2) is 8.57. The summed E-state index contributed by atoms with van der Waals surface area (Å²) in [6.45, 7) is 0.996. The van der Waals surface area contributed by atoms with Crippen molar-refractivity contribution >= 4 is 23.6 Å². The van der Waals surface area contributed by atoms with Crippen molar-refractivity contribution in [2.75, 3.05) is 12.3 Å². The van der Waals surface area contributed by atoms with Crippen molar-refractivity contribution in [3.8, 4) is 11.4 Å². The molecule has 6 nitrogen and oxygen atoms in total. The Morgan fingerprint density at radius 1 is 1.07 bits per heavy atom. The van der Waals surface area contributed by atoms with Gasteiger partial charge in [-0.2, -0.15) is 0 Å². The molecule has 4 rings (SSSR count). The van der Waals surface area contributed by atoms with E-state index < -0.39 is 0 Å². The number of rotatable bonds is 6. The number of hydrogen-bond donors (Lipinski definition) is 0. The van der Waals surface area contributed by atoms with Crippen molar-refractivity contribution in [3.05, 3.63) is 66.0 Å². The van der Waals surface area contributed by atoms with Gasteiger partial charge in [0.1, 0.15) is 5.82 Å². The smallest absolute Gasteiger partial charge is 0.239 e. The maximum absolute atomic E-state index is 13.3. The molecule has 0 atom stereocenters. The molecule has 1 aliphatic heterocycles. The van der Waals surface area contributed by atoms with Gasteiger partial charge in [-0.1, -0.05) is 42.1 Å². The predicted molar refractivity (Wildman–Crippen MR) is 108 cm³/mol. The van der Waals surface area contributed by atoms with Gasteiger partial charge in [-0.15, -0.1) is 10.2 Å². The zero-order chi connectivity index (χ0) is 20.2. The van der Waals surface area contributed by atoms with Gasteiger partial charge in [-0.3, -0.25) is 19.1 Å². The third kappa shape index (κ3) is 4.37. The third-order valence-corrected chi connectivity index (χ3v) is 5.65. The molecule has 0 aliphatic carbocycles. The molecule has 1 aromatic heterocycles. The van der Waals surface area contributed by atoms with Crippen LogP contribution in [0.25, 0.3) is 11.4 Å². The minimum atomic E-state index is -0.321. The number of thioether (sulfide) groups is 1. The Morgan fingerprint density at radius 2 is 1.83 bits per heavy atom. The summed E-state index contributed by atoms with van der Waals surface area (Å²) >= 11 is 1.25. The number of nitrogens with zero attached hydrogens (tertiary/aromatic N) is 4. The predicted octanol–water partition coefficient (Wildman–Crippen LogP) is 3.37. The Kier molecular flexibility index (Phi) is 5.71. The van der Waals surface area contributed by atoms with Crippen molar-refractivity contribution < 1.29 is 14.0 Å². The number of carbonyl (C=O) groups is 2. The molecule has 0 unspecified atom stereocenters. The maximum Gasteiger partial charge on any atom is 0.239 e. The summed E-state index contributed by atoms with van der Waals surface area (Å²) in [6, 6.07) is 15.9. The lowest BCUT2D eigenvalue weighted by atomic mass is 10.2. The number of aromatic nitrogens is 3. The van der Waals surface area contributed by atoms with Crippen LogP contribution < -0.4 is 0 Å². The first kappa shape index (κ1) is 19.3. The van der Waals surface area contributed by atoms with Crippen LogP contribution in [0, 0.1) is 5.82 Å². The molecule has 0 saturated carbocycles. The van der Waals surface area contributed by atoms with Crippen LogP contribution in [0.1, 0.15) is 18.4 Å². The monoisotopic (exact) mass is 410 g/mol. The number of benzene rings is 2. The third-order valence-electron chi connectivity index (χ3n) is 4.70. The normalized spacial score (nSPS) is 13.8. The Bertz CT molecular complexity index is 1020. The van der Waals surface area contributed by atoms with Crippen LogP contribution in [-0.2, 0) is 16.1 Å². The molecule has 3 aromatic rings. The Hall–Kier alpha value is -3.00. The van der Waals surface area contributed by atoms with Crippen LogP contribution >= 0.6 is 11.8 Å². The minimum absolute atomic E-state index is 0.113. The second-order valence-corrected chi connectivity index (χ2v) is 7.66. The molecular formula is C21H19FN4O2S. The van der Waals surface area contributed by atoms with E-state index in [0.717, 1.165) is 11.1 Å². The van der Waals surface area contributed by atoms with E-state index in [9.17, 15) is 14.0 Å². The van der Waals surface area contributed by atoms with Crippen LogP contribution in [-0.4, -0.2) is 43.8 Å². The molecule has 2 heterocycles. The molecule has 1 saturated heterocycles. The molecule has 0 radical (unpaired) electrons. The molecule has 0 N–H and O–H groups in total. The van der Waals surface area contributed by atoms with Gasteiger partial charge in [-0.05, 0) is 36.2 Å². The lowest BCUT2D eigenvalue weighted by molar-refractivity contribution is -0.140. The Labute approximate surface area is 171 Å². The summed E-state index contributed by atoms with van der Waals surface area (Å²) in [7, 11) is 0. The molecule has 1 fully saturated rings. The van der Waals surface area contributed by atoms with E-state index in [-0.39, 0.29) is 23.4 Å². The highest BCUT2D eigenvalue weighted by Crippen LogP contribution is 2.26. The number of imide groups is 1. The fourth-order valence-corrected chi connectivity index (χ4v) is 4.05. The fourth-order valence-electron chi connectivity index (χ4n) is 3.23. The number of halogens is 1. The van der Waals surface area contributed by atoms with E-state index in [1.807, 2.05) is 34.9 Å². The van der Waals surface area contributed by atoms with Crippen LogP contribution in [0.3, 0.4) is 0 Å². The van der Waals surface area contributed by atoms with Gasteiger partial charge in [0.15, 0.2) is 11.0 Å². The van der Waals surface area contributed by atoms with Crippen molar-refractivity contribution in [1.82, 2.24) is 19.7 Å². The molecule has 8 heteroatoms. The first-order valence-corrected chi connectivity index (χ1v) is 10.3. The van der Waals surface area contributed by atoms with E-state index in [1.54, 1.807) is 12.1 Å². The molecule has 2 aromatic carbocycles. The highest BCUT2D eigenvalue weighted by Gasteiger charge is 2.27. The summed E-state index contributed by atoms with van der Waals surface area (Å²) in [5, 5.41) is 9.11. The molecular weight excluding hydrogens is 391 g/mol. The topological polar surface area (TPSA) is 68.1 Å². The van der Waals surface area contributed by atoms with Gasteiger partial charge < -0.3 is 0 Å². The summed E-state index contributed by atoms with van der Waals surface area (Å²) in [6.07, 6.45) is 1.14. The molecule has 148 valence electrons. The van der Waals surface area contributed by atoms with Gasteiger partial charge in [0.25, 0.3) is 0 Å². The standard InChI is InChI=1S/C21H19FN4O2S/c22-17-10-8-16(9-11-17)20-23-24-21(26(20)13-15-5-2-1-3-6-15)29-14-19(28)25-12-4-7-18(25)27/h1-3,5-6,8-11H,4,7,12-14H2. The number of likely N-dealkylation sites (tertiary alicyclic amines) is 1. The largest absolute Gasteiger partial charge is 0.298 e. The van der Waals surface area contributed by atoms with Crippen LogP contribution in [0.5, 0.6) is 0 Å². The van der Waals surface area contributed by atoms with Gasteiger partial charge >= 0.3 is 0 Å². The van der Waals surface area contributed by atoms with Crippen molar-refractivity contribution in [1.29, 1.82) is 0 Å². The van der Waals surface area contributed by atoms with Crippen LogP contribution in [0.4, 0.5) is 4.39 Å². The van der Waals surface area contributed by atoms with E-state index in [4.69, 9.17) is 0 Å². The number of carbonyl (C=O) groups excluding carboxylic acids is 2. The first-order chi connectivity index (χ1) is 14.1. The molecule has 0 bridgehead atoms. The summed E-state index contributed by atoms with van der Waals surface area (Å²) in [4.78, 5) is 25.5. The molecule has 29 heavy (non-hydrogen) atoms. The quantitative estimate of drug-likeness (QED) is 0.583. The molecule has 2 amide bonds. The highest BCUT2D eigenvalue weighted by atomic mass is 32.2. The van der Waals surface area contributed by atoms with E-state index in [2.05, 4.69) is 10.2 Å². The SMILES string of the molecule is O=C1CCCN1C(=O)CSc1nnc(-c2ccc(F)cc2)n1Cc1ccccc1. The summed E-state index contributed by atoms with van der Waals surface area (Å²) < 4.78 is 15.2. The summed E-state index contributed by atoms with van der Waals surface area (Å²) in [5.74, 6) is 0.0603. The lowest BCUT2D eigenvalue weighted by Crippen LogP contribution is -2.33. The molecule has 1 aliphatic rings. The van der Waals surface area contributed by atoms with Crippen LogP contribution in [0.2, 0.25) is 0 Å². The van der Waals surface area contributed by atoms with Crippen molar-refractivity contribution in [2.24, 2.45) is 0 Å². The summed E-state index contributed by atoms with van der Waals surface area (Å²) in [5.41, 5.74) is 1.79. The first-order valence-electron chi connectivity index (χ1n) is 9.31. The lowest BCUT2D eigenvalue weighted by Gasteiger charge is -2.14. The van der Waals surface area contributed by atoms with Crippen LogP contribution in [0.15, 0.2) is 59.8 Å². The zero-order valence-electron chi connectivity index (χ0n) is 15.6. The van der Waals surface area contributed by atoms with E-state index >= 15 is 0 Å². The van der Waals surface area contributed by atoms with Gasteiger partial charge in [0.2, 0.25) is 11.8 Å². The Morgan fingerprint density at radius 3 is 2.52 bits per heavy atom. The van der Waals surface area contributed by atoms with E-state index in [1.165, 1.54) is 28.8 Å². The van der Waals surface area contributed by atoms with Gasteiger partial charge in [-0.25, -0.2) is 4.39 Å². The number of hydrogen-bond acceptors (Lipinski definition) is 5.